The number of hydrogen-bond acceptors (Lipinski definition) is 3. The zero-order chi connectivity index (χ0) is 15.2. The van der Waals surface area contributed by atoms with Crippen LogP contribution in [0.4, 0.5) is 13.2 Å². The molecule has 120 valence electrons. The van der Waals surface area contributed by atoms with Crippen molar-refractivity contribution in [3.8, 4) is 5.88 Å². The highest BCUT2D eigenvalue weighted by atomic mass is 127. The molecule has 3 N–H and O–H groups in total. The standard InChI is InChI=1S/C12H17F3N4O.HI/c1-8(2)19-11(16)17-5-6-20-10-4-3-9(7-18-10)12(13,14)15;/h3-4,7-8H,5-6H2,1-2H3,(H3,16,17,19);1H. The Morgan fingerprint density at radius 2 is 2.10 bits per heavy atom. The molecule has 1 rings (SSSR count). The first-order chi connectivity index (χ1) is 9.29. The van der Waals surface area contributed by atoms with Crippen LogP contribution in [0.2, 0.25) is 0 Å². The molecule has 0 aromatic carbocycles. The van der Waals surface area contributed by atoms with Crippen LogP contribution in [0, 0.1) is 0 Å². The highest BCUT2D eigenvalue weighted by molar-refractivity contribution is 14.0. The summed E-state index contributed by atoms with van der Waals surface area (Å²) in [6.07, 6.45) is -3.67. The lowest BCUT2D eigenvalue weighted by Crippen LogP contribution is -2.37. The van der Waals surface area contributed by atoms with Crippen LogP contribution in [-0.2, 0) is 6.18 Å². The van der Waals surface area contributed by atoms with Crippen molar-refractivity contribution >= 4 is 29.9 Å². The largest absolute Gasteiger partial charge is 0.476 e. The molecule has 0 fully saturated rings. The van der Waals surface area contributed by atoms with Gasteiger partial charge < -0.3 is 15.8 Å². The minimum Gasteiger partial charge on any atom is -0.476 e. The van der Waals surface area contributed by atoms with Crippen LogP contribution >= 0.6 is 24.0 Å². The normalized spacial score (nSPS) is 12.0. The Bertz CT molecular complexity index is 449. The van der Waals surface area contributed by atoms with Crippen molar-refractivity contribution in [1.82, 2.24) is 10.3 Å². The van der Waals surface area contributed by atoms with E-state index in [1.165, 1.54) is 6.07 Å². The third kappa shape index (κ3) is 7.93. The van der Waals surface area contributed by atoms with E-state index in [-0.39, 0.29) is 49.1 Å². The topological polar surface area (TPSA) is 72.5 Å². The summed E-state index contributed by atoms with van der Waals surface area (Å²) >= 11 is 0. The Kier molecular flexibility index (Phi) is 8.37. The Hall–Kier alpha value is -1.26. The van der Waals surface area contributed by atoms with Crippen LogP contribution in [0.25, 0.3) is 0 Å². The molecule has 1 heterocycles. The Morgan fingerprint density at radius 1 is 1.43 bits per heavy atom. The van der Waals surface area contributed by atoms with Crippen LogP contribution in [-0.4, -0.2) is 30.1 Å². The quantitative estimate of drug-likeness (QED) is 0.334. The first-order valence-electron chi connectivity index (χ1n) is 6.01. The molecular formula is C12H18F3IN4O. The van der Waals surface area contributed by atoms with Gasteiger partial charge in [0, 0.05) is 18.3 Å². The Morgan fingerprint density at radius 3 is 2.57 bits per heavy atom. The second kappa shape index (κ2) is 8.90. The number of hydrogen-bond donors (Lipinski definition) is 2. The monoisotopic (exact) mass is 418 g/mol. The molecule has 0 unspecified atom stereocenters. The molecule has 0 atom stereocenters. The lowest BCUT2D eigenvalue weighted by molar-refractivity contribution is -0.137. The number of rotatable bonds is 5. The van der Waals surface area contributed by atoms with Gasteiger partial charge in [-0.1, -0.05) is 0 Å². The van der Waals surface area contributed by atoms with E-state index in [1.807, 2.05) is 13.8 Å². The van der Waals surface area contributed by atoms with E-state index in [2.05, 4.69) is 15.3 Å². The molecule has 1 aromatic rings. The third-order valence-electron chi connectivity index (χ3n) is 2.12. The minimum atomic E-state index is -4.40. The number of guanidine groups is 1. The predicted octanol–water partition coefficient (Wildman–Crippen LogP) is 2.41. The van der Waals surface area contributed by atoms with Crippen molar-refractivity contribution in [2.24, 2.45) is 10.7 Å². The fourth-order valence-corrected chi connectivity index (χ4v) is 1.29. The predicted molar refractivity (Wildman–Crippen MR) is 84.9 cm³/mol. The molecule has 0 bridgehead atoms. The van der Waals surface area contributed by atoms with E-state index in [1.54, 1.807) is 0 Å². The molecule has 0 saturated heterocycles. The molecule has 0 spiro atoms. The van der Waals surface area contributed by atoms with Crippen LogP contribution < -0.4 is 15.8 Å². The molecule has 21 heavy (non-hydrogen) atoms. The molecule has 0 amide bonds. The molecule has 1 aromatic heterocycles. The summed E-state index contributed by atoms with van der Waals surface area (Å²) in [7, 11) is 0. The van der Waals surface area contributed by atoms with Gasteiger partial charge in [-0.3, -0.25) is 0 Å². The van der Waals surface area contributed by atoms with Gasteiger partial charge >= 0.3 is 6.18 Å². The van der Waals surface area contributed by atoms with Crippen molar-refractivity contribution in [2.75, 3.05) is 13.2 Å². The summed E-state index contributed by atoms with van der Waals surface area (Å²) in [5.41, 5.74) is 4.75. The number of ether oxygens (including phenoxy) is 1. The van der Waals surface area contributed by atoms with Crippen LogP contribution in [0.3, 0.4) is 0 Å². The maximum Gasteiger partial charge on any atom is 0.417 e. The SMILES string of the molecule is CC(C)NC(N)=NCCOc1ccc(C(F)(F)F)cn1.I. The molecule has 0 saturated carbocycles. The van der Waals surface area contributed by atoms with E-state index in [4.69, 9.17) is 10.5 Å². The first-order valence-corrected chi connectivity index (χ1v) is 6.01. The molecule has 5 nitrogen and oxygen atoms in total. The number of nitrogens with two attached hydrogens (primary N) is 1. The molecule has 0 aliphatic carbocycles. The van der Waals surface area contributed by atoms with Gasteiger partial charge in [0.1, 0.15) is 6.61 Å². The summed E-state index contributed by atoms with van der Waals surface area (Å²) in [5, 5.41) is 2.90. The Balaban J connectivity index is 0.00000400. The maximum atomic E-state index is 12.3. The van der Waals surface area contributed by atoms with Crippen LogP contribution in [0.15, 0.2) is 23.3 Å². The zero-order valence-corrected chi connectivity index (χ0v) is 14.0. The van der Waals surface area contributed by atoms with Crippen molar-refractivity contribution in [2.45, 2.75) is 26.1 Å². The van der Waals surface area contributed by atoms with Gasteiger partial charge in [0.25, 0.3) is 0 Å². The van der Waals surface area contributed by atoms with E-state index >= 15 is 0 Å². The molecule has 9 heteroatoms. The number of aliphatic imine (C=N–C) groups is 1. The van der Waals surface area contributed by atoms with Crippen molar-refractivity contribution < 1.29 is 17.9 Å². The average Bonchev–Trinajstić information content (AvgIpc) is 2.33. The number of halogens is 4. The van der Waals surface area contributed by atoms with Gasteiger partial charge in [0.15, 0.2) is 5.96 Å². The van der Waals surface area contributed by atoms with Crippen molar-refractivity contribution in [3.05, 3.63) is 23.9 Å². The second-order valence-corrected chi connectivity index (χ2v) is 4.30. The molecule has 0 aliphatic heterocycles. The highest BCUT2D eigenvalue weighted by Crippen LogP contribution is 2.29. The van der Waals surface area contributed by atoms with Gasteiger partial charge in [0.05, 0.1) is 12.1 Å². The van der Waals surface area contributed by atoms with Gasteiger partial charge in [-0.25, -0.2) is 9.98 Å². The number of pyridine rings is 1. The van der Waals surface area contributed by atoms with Gasteiger partial charge in [-0.05, 0) is 19.9 Å². The summed E-state index contributed by atoms with van der Waals surface area (Å²) in [5.74, 6) is 0.410. The summed E-state index contributed by atoms with van der Waals surface area (Å²) in [6, 6.07) is 2.26. The highest BCUT2D eigenvalue weighted by Gasteiger charge is 2.30. The van der Waals surface area contributed by atoms with Crippen molar-refractivity contribution in [3.63, 3.8) is 0 Å². The van der Waals surface area contributed by atoms with E-state index in [9.17, 15) is 13.2 Å². The van der Waals surface area contributed by atoms with E-state index in [0.29, 0.717) is 5.96 Å². The summed E-state index contributed by atoms with van der Waals surface area (Å²) in [4.78, 5) is 7.56. The maximum absolute atomic E-state index is 12.3. The zero-order valence-electron chi connectivity index (χ0n) is 11.6. The number of alkyl halides is 3. The van der Waals surface area contributed by atoms with Gasteiger partial charge in [0.2, 0.25) is 5.88 Å². The number of aromatic nitrogens is 1. The number of nitrogens with one attached hydrogen (secondary N) is 1. The average molecular weight is 418 g/mol. The smallest absolute Gasteiger partial charge is 0.417 e. The van der Waals surface area contributed by atoms with Gasteiger partial charge in [-0.2, -0.15) is 13.2 Å². The summed E-state index contributed by atoms with van der Waals surface area (Å²) < 4.78 is 42.1. The third-order valence-corrected chi connectivity index (χ3v) is 2.12. The molecular weight excluding hydrogens is 400 g/mol. The van der Waals surface area contributed by atoms with E-state index in [0.717, 1.165) is 12.3 Å². The molecule has 0 aliphatic rings. The fourth-order valence-electron chi connectivity index (χ4n) is 1.29. The van der Waals surface area contributed by atoms with Gasteiger partial charge in [-0.15, -0.1) is 24.0 Å². The first kappa shape index (κ1) is 19.7. The van der Waals surface area contributed by atoms with E-state index < -0.39 is 11.7 Å². The van der Waals surface area contributed by atoms with Crippen LogP contribution in [0.1, 0.15) is 19.4 Å². The van der Waals surface area contributed by atoms with Crippen LogP contribution in [0.5, 0.6) is 5.88 Å². The fraction of sp³-hybridized carbons (Fsp3) is 0.500. The lowest BCUT2D eigenvalue weighted by Gasteiger charge is -2.09. The Labute approximate surface area is 138 Å². The second-order valence-electron chi connectivity index (χ2n) is 4.30. The van der Waals surface area contributed by atoms with Crippen molar-refractivity contribution in [1.29, 1.82) is 0 Å². The summed E-state index contributed by atoms with van der Waals surface area (Å²) in [6.45, 7) is 4.31. The lowest BCUT2D eigenvalue weighted by atomic mass is 10.3. The number of nitrogens with zero attached hydrogens (tertiary/aromatic N) is 2. The minimum absolute atomic E-state index is 0. The molecule has 0 radical (unpaired) electrons.